The Bertz CT molecular complexity index is 1380. The zero-order valence-corrected chi connectivity index (χ0v) is 31.3. The van der Waals surface area contributed by atoms with Crippen molar-refractivity contribution in [1.82, 2.24) is 10.2 Å². The Morgan fingerprint density at radius 3 is 2.39 bits per heavy atom. The van der Waals surface area contributed by atoms with E-state index in [4.69, 9.17) is 14.2 Å². The molecule has 3 atom stereocenters. The van der Waals surface area contributed by atoms with E-state index < -0.39 is 24.2 Å². The van der Waals surface area contributed by atoms with Crippen LogP contribution < -0.4 is 19.5 Å². The van der Waals surface area contributed by atoms with E-state index in [-0.39, 0.29) is 25.5 Å². The molecule has 0 saturated carbocycles. The van der Waals surface area contributed by atoms with Gasteiger partial charge < -0.3 is 34.6 Å². The quantitative estimate of drug-likeness (QED) is 0.0749. The van der Waals surface area contributed by atoms with Gasteiger partial charge in [-0.3, -0.25) is 14.4 Å². The van der Waals surface area contributed by atoms with Crippen LogP contribution in [0.25, 0.3) is 0 Å². The number of carbonyl (C=O) groups is 3. The number of nitrogens with one attached hydrogen (secondary N) is 1. The van der Waals surface area contributed by atoms with Crippen molar-refractivity contribution in [3.63, 3.8) is 0 Å². The number of halogens is 1. The molecule has 0 heterocycles. The molecule has 0 saturated heterocycles. The standard InChI is InChI=1S/C38H53IN2O8/c1-4-5-6-7-8-9-10-11-12-16-35(44)41(19-17-27-14-13-15-30(21-27)47-2)32-24-29(38(46)40-18-20-42)25-33(36(32)45)49-37-31(39)22-28(26-43)23-34(37)48-3/h13-15,21-23,25-26,32-33,36,42,45H,4-12,16-20,24H2,1-3H3,(H,40,46). The number of ether oxygens (including phenoxy) is 3. The molecule has 0 aromatic heterocycles. The molecule has 3 unspecified atom stereocenters. The second kappa shape index (κ2) is 21.8. The lowest BCUT2D eigenvalue weighted by molar-refractivity contribution is -0.138. The van der Waals surface area contributed by atoms with Crippen LogP contribution in [0.15, 0.2) is 48.0 Å². The summed E-state index contributed by atoms with van der Waals surface area (Å²) < 4.78 is 17.9. The number of benzene rings is 2. The largest absolute Gasteiger partial charge is 0.497 e. The van der Waals surface area contributed by atoms with Crippen LogP contribution in [0.3, 0.4) is 0 Å². The summed E-state index contributed by atoms with van der Waals surface area (Å²) in [4.78, 5) is 40.5. The lowest BCUT2D eigenvalue weighted by atomic mass is 9.87. The maximum atomic E-state index is 14.0. The van der Waals surface area contributed by atoms with Crippen LogP contribution in [0.4, 0.5) is 0 Å². The second-order valence-corrected chi connectivity index (χ2v) is 13.6. The predicted octanol–water partition coefficient (Wildman–Crippen LogP) is 6.03. The van der Waals surface area contributed by atoms with E-state index in [1.165, 1.54) is 39.2 Å². The van der Waals surface area contributed by atoms with Gasteiger partial charge in [0.25, 0.3) is 0 Å². The Hall–Kier alpha value is -3.16. The molecule has 3 N–H and O–H groups in total. The van der Waals surface area contributed by atoms with Gasteiger partial charge in [-0.2, -0.15) is 0 Å². The summed E-state index contributed by atoms with van der Waals surface area (Å²) in [5, 5.41) is 23.9. The van der Waals surface area contributed by atoms with Gasteiger partial charge in [0.1, 0.15) is 24.2 Å². The summed E-state index contributed by atoms with van der Waals surface area (Å²) in [6.45, 7) is 2.36. The second-order valence-electron chi connectivity index (χ2n) is 12.4. The number of rotatable bonds is 22. The fourth-order valence-corrected chi connectivity index (χ4v) is 6.87. The van der Waals surface area contributed by atoms with Crippen molar-refractivity contribution in [2.24, 2.45) is 0 Å². The fraction of sp³-hybridized carbons (Fsp3) is 0.553. The molecule has 1 aliphatic rings. The molecule has 2 aromatic rings. The molecule has 10 nitrogen and oxygen atoms in total. The SMILES string of the molecule is CCCCCCCCCCCC(=O)N(CCc1cccc(OC)c1)C1CC(C(=O)NCCO)=CC(Oc2c(I)cc(C=O)cc2OC)C1O. The number of aliphatic hydroxyl groups is 2. The smallest absolute Gasteiger partial charge is 0.247 e. The summed E-state index contributed by atoms with van der Waals surface area (Å²) >= 11 is 2.04. The minimum Gasteiger partial charge on any atom is -0.497 e. The minimum absolute atomic E-state index is 0.0604. The molecule has 2 aromatic carbocycles. The molecule has 0 bridgehead atoms. The molecule has 3 rings (SSSR count). The third-order valence-corrected chi connectivity index (χ3v) is 9.65. The van der Waals surface area contributed by atoms with E-state index in [0.717, 1.165) is 31.2 Å². The predicted molar refractivity (Wildman–Crippen MR) is 198 cm³/mol. The van der Waals surface area contributed by atoms with Crippen molar-refractivity contribution in [3.05, 3.63) is 62.7 Å². The Kier molecular flexibility index (Phi) is 17.9. The number of aliphatic hydroxyl groups excluding tert-OH is 2. The number of unbranched alkanes of at least 4 members (excludes halogenated alkanes) is 8. The highest BCUT2D eigenvalue weighted by atomic mass is 127. The summed E-state index contributed by atoms with van der Waals surface area (Å²) in [7, 11) is 3.07. The van der Waals surface area contributed by atoms with E-state index in [1.54, 1.807) is 30.2 Å². The van der Waals surface area contributed by atoms with Crippen LogP contribution in [0.2, 0.25) is 0 Å². The van der Waals surface area contributed by atoms with Gasteiger partial charge in [-0.25, -0.2) is 0 Å². The van der Waals surface area contributed by atoms with Crippen molar-refractivity contribution < 1.29 is 38.8 Å². The first-order chi connectivity index (χ1) is 23.8. The number of hydrogen-bond donors (Lipinski definition) is 3. The normalized spacial score (nSPS) is 17.2. The van der Waals surface area contributed by atoms with Gasteiger partial charge in [-0.05, 0) is 71.3 Å². The van der Waals surface area contributed by atoms with Crippen LogP contribution in [0, 0.1) is 3.57 Å². The summed E-state index contributed by atoms with van der Waals surface area (Å²) in [6, 6.07) is 10.1. The Balaban J connectivity index is 1.87. The molecular weight excluding hydrogens is 739 g/mol. The Morgan fingerprint density at radius 1 is 1.02 bits per heavy atom. The van der Waals surface area contributed by atoms with Gasteiger partial charge in [0.2, 0.25) is 11.8 Å². The number of amides is 2. The van der Waals surface area contributed by atoms with Crippen LogP contribution in [0.5, 0.6) is 17.2 Å². The third-order valence-electron chi connectivity index (χ3n) is 8.85. The van der Waals surface area contributed by atoms with Crippen molar-refractivity contribution in [3.8, 4) is 17.2 Å². The maximum absolute atomic E-state index is 14.0. The topological polar surface area (TPSA) is 135 Å². The van der Waals surface area contributed by atoms with Gasteiger partial charge in [-0.1, -0.05) is 70.4 Å². The van der Waals surface area contributed by atoms with Crippen molar-refractivity contribution in [2.75, 3.05) is 33.9 Å². The summed E-state index contributed by atoms with van der Waals surface area (Å²) in [6.07, 6.45) is 11.2. The monoisotopic (exact) mass is 792 g/mol. The summed E-state index contributed by atoms with van der Waals surface area (Å²) in [5.41, 5.74) is 1.72. The molecule has 270 valence electrons. The van der Waals surface area contributed by atoms with Gasteiger partial charge in [0.15, 0.2) is 11.5 Å². The molecule has 1 aliphatic carbocycles. The fourth-order valence-electron chi connectivity index (χ4n) is 6.12. The van der Waals surface area contributed by atoms with E-state index in [1.807, 2.05) is 46.9 Å². The zero-order valence-electron chi connectivity index (χ0n) is 29.1. The van der Waals surface area contributed by atoms with E-state index in [0.29, 0.717) is 57.6 Å². The highest BCUT2D eigenvalue weighted by Gasteiger charge is 2.40. The van der Waals surface area contributed by atoms with Crippen LogP contribution in [0.1, 0.15) is 93.5 Å². The average molecular weight is 793 g/mol. The first-order valence-electron chi connectivity index (χ1n) is 17.5. The van der Waals surface area contributed by atoms with Crippen molar-refractivity contribution in [1.29, 1.82) is 0 Å². The Labute approximate surface area is 304 Å². The van der Waals surface area contributed by atoms with E-state index in [2.05, 4.69) is 12.2 Å². The number of carbonyl (C=O) groups excluding carboxylic acids is 3. The van der Waals surface area contributed by atoms with Crippen molar-refractivity contribution in [2.45, 2.75) is 102 Å². The van der Waals surface area contributed by atoms with Crippen LogP contribution >= 0.6 is 22.6 Å². The highest BCUT2D eigenvalue weighted by Crippen LogP contribution is 2.37. The Morgan fingerprint density at radius 2 is 1.73 bits per heavy atom. The average Bonchev–Trinajstić information content (AvgIpc) is 3.11. The number of aldehydes is 1. The lowest BCUT2D eigenvalue weighted by Crippen LogP contribution is -2.55. The van der Waals surface area contributed by atoms with Gasteiger partial charge in [0, 0.05) is 37.1 Å². The molecule has 49 heavy (non-hydrogen) atoms. The number of nitrogens with zero attached hydrogens (tertiary/aromatic N) is 1. The maximum Gasteiger partial charge on any atom is 0.247 e. The lowest BCUT2D eigenvalue weighted by Gasteiger charge is -2.41. The highest BCUT2D eigenvalue weighted by molar-refractivity contribution is 14.1. The van der Waals surface area contributed by atoms with E-state index in [9.17, 15) is 24.6 Å². The third kappa shape index (κ3) is 12.6. The molecule has 0 fully saturated rings. The molecule has 2 amide bonds. The molecule has 0 radical (unpaired) electrons. The minimum atomic E-state index is -1.18. The molecule has 0 spiro atoms. The first-order valence-corrected chi connectivity index (χ1v) is 18.5. The molecule has 11 heteroatoms. The van der Waals surface area contributed by atoms with Crippen LogP contribution in [-0.2, 0) is 16.0 Å². The zero-order chi connectivity index (χ0) is 35.6. The molecular formula is C38H53IN2O8. The van der Waals surface area contributed by atoms with Crippen LogP contribution in [-0.4, -0.2) is 85.4 Å². The summed E-state index contributed by atoms with van der Waals surface area (Å²) in [5.74, 6) is 0.837. The van der Waals surface area contributed by atoms with Crippen molar-refractivity contribution >= 4 is 40.7 Å². The van der Waals surface area contributed by atoms with Gasteiger partial charge in [0.05, 0.1) is 30.4 Å². The van der Waals surface area contributed by atoms with Gasteiger partial charge >= 0.3 is 0 Å². The number of methoxy groups -OCH3 is 2. The first kappa shape index (κ1) is 40.3. The number of hydrogen-bond acceptors (Lipinski definition) is 8. The van der Waals surface area contributed by atoms with E-state index >= 15 is 0 Å². The van der Waals surface area contributed by atoms with Gasteiger partial charge in [-0.15, -0.1) is 0 Å². The molecule has 0 aliphatic heterocycles.